The van der Waals surface area contributed by atoms with E-state index < -0.39 is 0 Å². The van der Waals surface area contributed by atoms with E-state index in [-0.39, 0.29) is 0 Å². The van der Waals surface area contributed by atoms with Crippen molar-refractivity contribution in [2.24, 2.45) is 40.4 Å². The van der Waals surface area contributed by atoms with Gasteiger partial charge in [0.1, 0.15) is 0 Å². The number of rotatable bonds is 0. The van der Waals surface area contributed by atoms with Crippen LogP contribution in [0.4, 0.5) is 0 Å². The largest absolute Gasteiger partial charge is 0.120 e. The van der Waals surface area contributed by atoms with Gasteiger partial charge in [0.15, 0.2) is 0 Å². The quantitative estimate of drug-likeness (QED) is 0.409. The normalized spacial score (nSPS) is 55.2. The lowest BCUT2D eigenvalue weighted by molar-refractivity contribution is -0.0920. The Hall–Kier alpha value is -0.700. The third-order valence-corrected chi connectivity index (χ3v) is 8.41. The van der Waals surface area contributed by atoms with E-state index in [9.17, 15) is 0 Å². The zero-order chi connectivity index (χ0) is 14.7. The molecule has 0 nitrogen and oxygen atoms in total. The zero-order valence-corrected chi connectivity index (χ0v) is 13.8. The molecule has 0 aromatic carbocycles. The highest BCUT2D eigenvalue weighted by molar-refractivity contribution is 5.15. The summed E-state index contributed by atoms with van der Waals surface area (Å²) in [6.07, 6.45) is 21.9. The Morgan fingerprint density at radius 1 is 0.952 bits per heavy atom. The van der Waals surface area contributed by atoms with Gasteiger partial charge in [-0.25, -0.2) is 0 Å². The standard InChI is InChI=1S/C21H30/c1-4-15-9-11-18-17-10-8-16-7-5-6-13-20(16,2)19(17)12-14-21(15,18)3/h1,5-6,15-19H,7-14H2,2-3H3/t15?,16?,17-,18-,19+,20-,21+/m0/s1. The summed E-state index contributed by atoms with van der Waals surface area (Å²) < 4.78 is 0. The van der Waals surface area contributed by atoms with Crippen LogP contribution in [0.5, 0.6) is 0 Å². The van der Waals surface area contributed by atoms with Gasteiger partial charge in [-0.3, -0.25) is 0 Å². The predicted octanol–water partition coefficient (Wildman–Crippen LogP) is 5.44. The van der Waals surface area contributed by atoms with Crippen LogP contribution in [0.25, 0.3) is 0 Å². The van der Waals surface area contributed by atoms with Gasteiger partial charge in [-0.05, 0) is 85.9 Å². The number of terminal acetylenes is 1. The molecule has 0 bridgehead atoms. The Bertz CT molecular complexity index is 495. The first-order valence-electron chi connectivity index (χ1n) is 9.21. The molecular formula is C21H30. The maximum Gasteiger partial charge on any atom is 0.0256 e. The van der Waals surface area contributed by atoms with E-state index in [2.05, 4.69) is 31.9 Å². The van der Waals surface area contributed by atoms with Gasteiger partial charge in [0, 0.05) is 5.92 Å². The molecule has 4 rings (SSSR count). The fourth-order valence-electron chi connectivity index (χ4n) is 7.11. The Labute approximate surface area is 130 Å². The monoisotopic (exact) mass is 282 g/mol. The van der Waals surface area contributed by atoms with Gasteiger partial charge in [-0.15, -0.1) is 12.3 Å². The molecule has 0 aromatic heterocycles. The average Bonchev–Trinajstić information content (AvgIpc) is 2.83. The van der Waals surface area contributed by atoms with Crippen LogP contribution in [0.15, 0.2) is 12.2 Å². The molecule has 0 heterocycles. The summed E-state index contributed by atoms with van der Waals surface area (Å²) in [4.78, 5) is 0. The molecule has 0 N–H and O–H groups in total. The molecule has 0 radical (unpaired) electrons. The summed E-state index contributed by atoms with van der Waals surface area (Å²) in [5, 5.41) is 0. The summed E-state index contributed by atoms with van der Waals surface area (Å²) in [5.74, 6) is 7.52. The highest BCUT2D eigenvalue weighted by atomic mass is 14.6. The molecule has 0 aromatic rings. The van der Waals surface area contributed by atoms with Crippen molar-refractivity contribution in [1.82, 2.24) is 0 Å². The van der Waals surface area contributed by atoms with E-state index in [4.69, 9.17) is 6.42 Å². The minimum atomic E-state index is 0.462. The predicted molar refractivity (Wildman–Crippen MR) is 88.6 cm³/mol. The summed E-state index contributed by atoms with van der Waals surface area (Å²) >= 11 is 0. The van der Waals surface area contributed by atoms with Crippen LogP contribution in [0.2, 0.25) is 0 Å². The number of hydrogen-bond donors (Lipinski definition) is 0. The molecule has 0 aliphatic heterocycles. The third kappa shape index (κ3) is 1.76. The second kappa shape index (κ2) is 4.65. The first-order valence-corrected chi connectivity index (χ1v) is 9.21. The van der Waals surface area contributed by atoms with Gasteiger partial charge < -0.3 is 0 Å². The van der Waals surface area contributed by atoms with Gasteiger partial charge in [0.2, 0.25) is 0 Å². The van der Waals surface area contributed by atoms with E-state index in [1.807, 2.05) is 0 Å². The Morgan fingerprint density at radius 2 is 1.76 bits per heavy atom. The third-order valence-electron chi connectivity index (χ3n) is 8.41. The lowest BCUT2D eigenvalue weighted by Crippen LogP contribution is -2.52. The summed E-state index contributed by atoms with van der Waals surface area (Å²) in [7, 11) is 0. The summed E-state index contributed by atoms with van der Waals surface area (Å²) in [6, 6.07) is 0. The van der Waals surface area contributed by atoms with E-state index >= 15 is 0 Å². The van der Waals surface area contributed by atoms with Crippen molar-refractivity contribution < 1.29 is 0 Å². The molecule has 21 heavy (non-hydrogen) atoms. The number of hydrogen-bond acceptors (Lipinski definition) is 0. The van der Waals surface area contributed by atoms with Crippen LogP contribution < -0.4 is 0 Å². The Morgan fingerprint density at radius 3 is 2.57 bits per heavy atom. The molecule has 0 heteroatoms. The van der Waals surface area contributed by atoms with Crippen LogP contribution in [-0.2, 0) is 0 Å². The van der Waals surface area contributed by atoms with E-state index in [0.717, 1.165) is 23.7 Å². The van der Waals surface area contributed by atoms with Crippen LogP contribution in [0.1, 0.15) is 65.2 Å². The molecule has 2 unspecified atom stereocenters. The number of fused-ring (bicyclic) bond motifs is 5. The van der Waals surface area contributed by atoms with E-state index in [0.29, 0.717) is 16.7 Å². The van der Waals surface area contributed by atoms with Gasteiger partial charge >= 0.3 is 0 Å². The maximum atomic E-state index is 5.87. The molecule has 3 fully saturated rings. The first kappa shape index (κ1) is 13.9. The lowest BCUT2D eigenvalue weighted by Gasteiger charge is -2.59. The second-order valence-corrected chi connectivity index (χ2v) is 8.91. The second-order valence-electron chi connectivity index (χ2n) is 8.91. The molecule has 3 saturated carbocycles. The fraction of sp³-hybridized carbons (Fsp3) is 0.810. The fourth-order valence-corrected chi connectivity index (χ4v) is 7.11. The smallest absolute Gasteiger partial charge is 0.0256 e. The van der Waals surface area contributed by atoms with Crippen molar-refractivity contribution in [2.45, 2.75) is 65.2 Å². The van der Waals surface area contributed by atoms with Crippen LogP contribution >= 0.6 is 0 Å². The van der Waals surface area contributed by atoms with Crippen molar-refractivity contribution in [3.8, 4) is 12.3 Å². The Kier molecular flexibility index (Phi) is 3.08. The van der Waals surface area contributed by atoms with E-state index in [1.54, 1.807) is 0 Å². The minimum Gasteiger partial charge on any atom is -0.120 e. The first-order chi connectivity index (χ1) is 10.1. The van der Waals surface area contributed by atoms with Crippen LogP contribution in [-0.4, -0.2) is 0 Å². The Balaban J connectivity index is 1.66. The average molecular weight is 282 g/mol. The molecular weight excluding hydrogens is 252 g/mol. The van der Waals surface area contributed by atoms with Crippen molar-refractivity contribution in [3.63, 3.8) is 0 Å². The topological polar surface area (TPSA) is 0 Å². The van der Waals surface area contributed by atoms with Gasteiger partial charge in [0.25, 0.3) is 0 Å². The van der Waals surface area contributed by atoms with Crippen molar-refractivity contribution >= 4 is 0 Å². The summed E-state index contributed by atoms with van der Waals surface area (Å²) in [5.41, 5.74) is 1.05. The van der Waals surface area contributed by atoms with Gasteiger partial charge in [0.05, 0.1) is 0 Å². The van der Waals surface area contributed by atoms with Crippen LogP contribution in [0.3, 0.4) is 0 Å². The molecule has 0 spiro atoms. The highest BCUT2D eigenvalue weighted by Gasteiger charge is 2.59. The highest BCUT2D eigenvalue weighted by Crippen LogP contribution is 2.66. The summed E-state index contributed by atoms with van der Waals surface area (Å²) in [6.45, 7) is 5.15. The maximum absolute atomic E-state index is 5.87. The van der Waals surface area contributed by atoms with Crippen molar-refractivity contribution in [1.29, 1.82) is 0 Å². The van der Waals surface area contributed by atoms with Gasteiger partial charge in [-0.2, -0.15) is 0 Å². The molecule has 114 valence electrons. The molecule has 7 atom stereocenters. The molecule has 4 aliphatic rings. The molecule has 0 saturated heterocycles. The lowest BCUT2D eigenvalue weighted by atomic mass is 9.45. The molecule has 4 aliphatic carbocycles. The molecule has 0 amide bonds. The zero-order valence-electron chi connectivity index (χ0n) is 13.8. The van der Waals surface area contributed by atoms with E-state index in [1.165, 1.54) is 51.4 Å². The van der Waals surface area contributed by atoms with Crippen molar-refractivity contribution in [2.75, 3.05) is 0 Å². The number of allylic oxidation sites excluding steroid dienone is 2. The van der Waals surface area contributed by atoms with Gasteiger partial charge in [-0.1, -0.05) is 26.0 Å². The minimum absolute atomic E-state index is 0.462. The van der Waals surface area contributed by atoms with Crippen molar-refractivity contribution in [3.05, 3.63) is 12.2 Å². The SMILES string of the molecule is C#CC1CC[C@H]2[C@@H]3CCC4CC=CC[C@]4(C)[C@@H]3CC[C@]12C. The van der Waals surface area contributed by atoms with Crippen LogP contribution in [0, 0.1) is 52.8 Å².